The zero-order valence-electron chi connectivity index (χ0n) is 12.6. The second kappa shape index (κ2) is 5.41. The van der Waals surface area contributed by atoms with E-state index in [2.05, 4.69) is 38.0 Å². The van der Waals surface area contributed by atoms with Crippen molar-refractivity contribution in [3.8, 4) is 0 Å². The molecule has 3 unspecified atom stereocenters. The molecular formula is C15H28N2O2. The van der Waals surface area contributed by atoms with E-state index in [0.29, 0.717) is 24.0 Å². The van der Waals surface area contributed by atoms with Crippen LogP contribution in [0.25, 0.3) is 0 Å². The number of hydrogen-bond acceptors (Lipinski definition) is 3. The maximum Gasteiger partial charge on any atom is 0.323 e. The van der Waals surface area contributed by atoms with Crippen molar-refractivity contribution in [3.05, 3.63) is 0 Å². The quantitative estimate of drug-likeness (QED) is 0.774. The number of carboxylic acids is 1. The minimum Gasteiger partial charge on any atom is -0.480 e. The molecule has 19 heavy (non-hydrogen) atoms. The number of rotatable bonds is 6. The number of hydrogen-bond donors (Lipinski definition) is 2. The molecule has 2 aliphatic carbocycles. The molecule has 0 aromatic rings. The smallest absolute Gasteiger partial charge is 0.323 e. The zero-order chi connectivity index (χ0) is 14.2. The molecule has 0 radical (unpaired) electrons. The Morgan fingerprint density at radius 3 is 2.42 bits per heavy atom. The first-order valence-electron chi connectivity index (χ1n) is 7.59. The largest absolute Gasteiger partial charge is 0.480 e. The Bertz CT molecular complexity index is 341. The van der Waals surface area contributed by atoms with Crippen molar-refractivity contribution in [2.24, 2.45) is 5.92 Å². The summed E-state index contributed by atoms with van der Waals surface area (Å²) >= 11 is 0. The van der Waals surface area contributed by atoms with Gasteiger partial charge in [-0.2, -0.15) is 0 Å². The maximum absolute atomic E-state index is 11.7. The van der Waals surface area contributed by atoms with Crippen molar-refractivity contribution in [1.82, 2.24) is 10.2 Å². The lowest BCUT2D eigenvalue weighted by molar-refractivity contribution is -0.145. The van der Waals surface area contributed by atoms with Gasteiger partial charge in [0, 0.05) is 18.1 Å². The predicted molar refractivity (Wildman–Crippen MR) is 76.2 cm³/mol. The highest BCUT2D eigenvalue weighted by molar-refractivity contribution is 5.79. The summed E-state index contributed by atoms with van der Waals surface area (Å²) in [5.41, 5.74) is -0.670. The van der Waals surface area contributed by atoms with Crippen molar-refractivity contribution in [1.29, 1.82) is 0 Å². The summed E-state index contributed by atoms with van der Waals surface area (Å²) in [6.07, 6.45) is 4.76. The van der Waals surface area contributed by atoms with Gasteiger partial charge in [-0.1, -0.05) is 13.8 Å². The molecule has 4 nitrogen and oxygen atoms in total. The molecule has 0 amide bonds. The van der Waals surface area contributed by atoms with E-state index in [-0.39, 0.29) is 0 Å². The zero-order valence-corrected chi connectivity index (χ0v) is 12.6. The van der Waals surface area contributed by atoms with Gasteiger partial charge in [0.25, 0.3) is 0 Å². The van der Waals surface area contributed by atoms with E-state index in [1.165, 1.54) is 0 Å². The van der Waals surface area contributed by atoms with Gasteiger partial charge in [-0.05, 0) is 52.0 Å². The van der Waals surface area contributed by atoms with Crippen LogP contribution >= 0.6 is 0 Å². The highest BCUT2D eigenvalue weighted by Gasteiger charge is 2.49. The highest BCUT2D eigenvalue weighted by Crippen LogP contribution is 2.37. The van der Waals surface area contributed by atoms with Gasteiger partial charge in [-0.25, -0.2) is 0 Å². The molecule has 0 spiro atoms. The SMILES string of the molecule is CC(C)C(C)N(C)C1CCC(NC2CC2)(C(=O)O)C1. The van der Waals surface area contributed by atoms with Crippen LogP contribution in [0, 0.1) is 5.92 Å². The van der Waals surface area contributed by atoms with E-state index >= 15 is 0 Å². The van der Waals surface area contributed by atoms with Crippen molar-refractivity contribution in [3.63, 3.8) is 0 Å². The molecule has 0 heterocycles. The first-order valence-corrected chi connectivity index (χ1v) is 7.59. The third-order valence-electron chi connectivity index (χ3n) is 5.14. The van der Waals surface area contributed by atoms with Crippen LogP contribution in [0.5, 0.6) is 0 Å². The standard InChI is InChI=1S/C15H28N2O2/c1-10(2)11(3)17(4)13-7-8-15(9-13,14(18)19)16-12-5-6-12/h10-13,16H,5-9H2,1-4H3,(H,18,19). The molecule has 110 valence electrons. The Balaban J connectivity index is 2.01. The number of aliphatic carboxylic acids is 1. The summed E-state index contributed by atoms with van der Waals surface area (Å²) in [5.74, 6) is -0.0614. The summed E-state index contributed by atoms with van der Waals surface area (Å²) in [6.45, 7) is 6.69. The molecule has 2 saturated carbocycles. The molecule has 2 aliphatic rings. The predicted octanol–water partition coefficient (Wildman–Crippen LogP) is 2.09. The van der Waals surface area contributed by atoms with Gasteiger partial charge >= 0.3 is 5.97 Å². The van der Waals surface area contributed by atoms with Gasteiger partial charge in [0.15, 0.2) is 0 Å². The average molecular weight is 268 g/mol. The molecule has 3 atom stereocenters. The van der Waals surface area contributed by atoms with Crippen LogP contribution in [0.2, 0.25) is 0 Å². The molecule has 0 aromatic carbocycles. The summed E-state index contributed by atoms with van der Waals surface area (Å²) in [7, 11) is 2.14. The van der Waals surface area contributed by atoms with Crippen LogP contribution in [0.1, 0.15) is 52.9 Å². The summed E-state index contributed by atoms with van der Waals surface area (Å²) in [4.78, 5) is 14.1. The molecular weight excluding hydrogens is 240 g/mol. The van der Waals surface area contributed by atoms with E-state index in [4.69, 9.17) is 0 Å². The van der Waals surface area contributed by atoms with E-state index in [1.54, 1.807) is 0 Å². The van der Waals surface area contributed by atoms with Crippen molar-refractivity contribution in [2.75, 3.05) is 7.05 Å². The molecule has 4 heteroatoms. The van der Waals surface area contributed by atoms with Crippen LogP contribution in [-0.2, 0) is 4.79 Å². The molecule has 0 saturated heterocycles. The van der Waals surface area contributed by atoms with E-state index in [1.807, 2.05) is 0 Å². The third-order valence-corrected chi connectivity index (χ3v) is 5.14. The van der Waals surface area contributed by atoms with Crippen LogP contribution in [0.15, 0.2) is 0 Å². The number of carboxylic acid groups (broad SMARTS) is 1. The van der Waals surface area contributed by atoms with Crippen LogP contribution < -0.4 is 5.32 Å². The molecule has 2 rings (SSSR count). The second-order valence-corrected chi connectivity index (χ2v) is 6.85. The fourth-order valence-electron chi connectivity index (χ4n) is 3.18. The molecule has 0 bridgehead atoms. The van der Waals surface area contributed by atoms with E-state index < -0.39 is 11.5 Å². The van der Waals surface area contributed by atoms with Gasteiger partial charge in [-0.15, -0.1) is 0 Å². The van der Waals surface area contributed by atoms with E-state index in [9.17, 15) is 9.90 Å². The minimum absolute atomic E-state index is 0.389. The minimum atomic E-state index is -0.670. The first-order chi connectivity index (χ1) is 8.85. The normalized spacial score (nSPS) is 33.1. The number of nitrogens with zero attached hydrogens (tertiary/aromatic N) is 1. The molecule has 0 aromatic heterocycles. The van der Waals surface area contributed by atoms with E-state index in [0.717, 1.165) is 32.1 Å². The molecule has 2 N–H and O–H groups in total. The van der Waals surface area contributed by atoms with Gasteiger partial charge in [0.1, 0.15) is 5.54 Å². The second-order valence-electron chi connectivity index (χ2n) is 6.85. The topological polar surface area (TPSA) is 52.6 Å². The lowest BCUT2D eigenvalue weighted by Crippen LogP contribution is -2.52. The summed E-state index contributed by atoms with van der Waals surface area (Å²) < 4.78 is 0. The maximum atomic E-state index is 11.7. The van der Waals surface area contributed by atoms with Gasteiger partial charge in [0.05, 0.1) is 0 Å². The number of nitrogens with one attached hydrogen (secondary N) is 1. The van der Waals surface area contributed by atoms with Crippen molar-refractivity contribution >= 4 is 5.97 Å². The first kappa shape index (κ1) is 14.8. The Labute approximate surface area is 116 Å². The Morgan fingerprint density at radius 2 is 1.95 bits per heavy atom. The Kier molecular flexibility index (Phi) is 4.21. The van der Waals surface area contributed by atoms with Gasteiger partial charge in [-0.3, -0.25) is 10.1 Å². The van der Waals surface area contributed by atoms with Crippen molar-refractivity contribution < 1.29 is 9.90 Å². The fourth-order valence-corrected chi connectivity index (χ4v) is 3.18. The van der Waals surface area contributed by atoms with Gasteiger partial charge in [0.2, 0.25) is 0 Å². The average Bonchev–Trinajstić information content (AvgIpc) is 3.04. The number of carbonyl (C=O) groups is 1. The fraction of sp³-hybridized carbons (Fsp3) is 0.933. The van der Waals surface area contributed by atoms with Crippen LogP contribution in [0.4, 0.5) is 0 Å². The summed E-state index contributed by atoms with van der Waals surface area (Å²) in [5, 5.41) is 13.0. The van der Waals surface area contributed by atoms with Gasteiger partial charge < -0.3 is 10.0 Å². The lowest BCUT2D eigenvalue weighted by atomic mass is 9.96. The molecule has 0 aliphatic heterocycles. The highest BCUT2D eigenvalue weighted by atomic mass is 16.4. The molecule has 2 fully saturated rings. The van der Waals surface area contributed by atoms with Crippen molar-refractivity contribution in [2.45, 2.75) is 76.5 Å². The Morgan fingerprint density at radius 1 is 1.32 bits per heavy atom. The Hall–Kier alpha value is -0.610. The third kappa shape index (κ3) is 3.11. The summed E-state index contributed by atoms with van der Waals surface area (Å²) in [6, 6.07) is 1.33. The van der Waals surface area contributed by atoms with Crippen LogP contribution in [0.3, 0.4) is 0 Å². The monoisotopic (exact) mass is 268 g/mol. The lowest BCUT2D eigenvalue weighted by Gasteiger charge is -2.34. The van der Waals surface area contributed by atoms with Crippen LogP contribution in [-0.4, -0.2) is 46.7 Å².